The van der Waals surface area contributed by atoms with Crippen LogP contribution in [0.15, 0.2) is 0 Å². The van der Waals surface area contributed by atoms with E-state index in [1.807, 2.05) is 11.9 Å². The first kappa shape index (κ1) is 10.1. The number of amides is 2. The molecule has 0 saturated carbocycles. The largest absolute Gasteiger partial charge is 0.330 e. The van der Waals surface area contributed by atoms with Crippen LogP contribution in [0, 0.1) is 0 Å². The van der Waals surface area contributed by atoms with E-state index in [2.05, 4.69) is 5.32 Å². The van der Waals surface area contributed by atoms with Crippen molar-refractivity contribution < 1.29 is 9.59 Å². The lowest BCUT2D eigenvalue weighted by molar-refractivity contribution is -0.126. The van der Waals surface area contributed by atoms with Crippen LogP contribution in [-0.4, -0.2) is 42.9 Å². The van der Waals surface area contributed by atoms with Crippen molar-refractivity contribution in [3.8, 4) is 0 Å². The maximum Gasteiger partial charge on any atom is 0.244 e. The lowest BCUT2D eigenvalue weighted by Gasteiger charge is -2.20. The number of nitrogens with one attached hydrogen (secondary N) is 1. The molecule has 1 atom stereocenters. The summed E-state index contributed by atoms with van der Waals surface area (Å²) in [5, 5.41) is 2.27. The summed E-state index contributed by atoms with van der Waals surface area (Å²) in [5.41, 5.74) is 5.34. The molecule has 0 aliphatic carbocycles. The second-order valence-electron chi connectivity index (χ2n) is 3.26. The number of likely N-dealkylation sites (N-methyl/N-ethyl adjacent to an activating group) is 1. The molecule has 0 spiro atoms. The number of hydrogen-bond acceptors (Lipinski definition) is 4. The molecular weight excluding hydrogens is 170 g/mol. The zero-order chi connectivity index (χ0) is 9.84. The van der Waals surface area contributed by atoms with E-state index < -0.39 is 0 Å². The van der Waals surface area contributed by atoms with Gasteiger partial charge < -0.3 is 5.73 Å². The van der Waals surface area contributed by atoms with E-state index in [0.29, 0.717) is 6.54 Å². The maximum absolute atomic E-state index is 11.2. The third kappa shape index (κ3) is 2.50. The second-order valence-corrected chi connectivity index (χ2v) is 3.26. The molecule has 1 aliphatic rings. The first-order valence-corrected chi connectivity index (χ1v) is 4.39. The molecule has 3 N–H and O–H groups in total. The van der Waals surface area contributed by atoms with Gasteiger partial charge in [0.15, 0.2) is 0 Å². The van der Waals surface area contributed by atoms with Gasteiger partial charge in [-0.1, -0.05) is 0 Å². The minimum absolute atomic E-state index is 0.186. The van der Waals surface area contributed by atoms with Gasteiger partial charge in [0.25, 0.3) is 0 Å². The Kier molecular flexibility index (Phi) is 3.39. The Balaban J connectivity index is 2.42. The molecule has 0 radical (unpaired) electrons. The van der Waals surface area contributed by atoms with Crippen LogP contribution in [0.3, 0.4) is 0 Å². The molecule has 1 unspecified atom stereocenters. The fourth-order valence-electron chi connectivity index (χ4n) is 1.39. The lowest BCUT2D eigenvalue weighted by atomic mass is 10.2. The summed E-state index contributed by atoms with van der Waals surface area (Å²) in [6, 6.07) is -0.293. The molecule has 1 heterocycles. The molecule has 1 saturated heterocycles. The van der Waals surface area contributed by atoms with Crippen LogP contribution >= 0.6 is 0 Å². The van der Waals surface area contributed by atoms with Crippen molar-refractivity contribution in [1.82, 2.24) is 10.2 Å². The van der Waals surface area contributed by atoms with Crippen molar-refractivity contribution in [3.63, 3.8) is 0 Å². The van der Waals surface area contributed by atoms with Crippen molar-refractivity contribution in [2.45, 2.75) is 18.9 Å². The van der Waals surface area contributed by atoms with Gasteiger partial charge in [0, 0.05) is 0 Å². The average Bonchev–Trinajstić information content (AvgIpc) is 2.41. The Labute approximate surface area is 77.3 Å². The highest BCUT2D eigenvalue weighted by atomic mass is 16.2. The summed E-state index contributed by atoms with van der Waals surface area (Å²) in [6.45, 7) is 1.36. The Morgan fingerprint density at radius 2 is 2.31 bits per heavy atom. The molecule has 74 valence electrons. The van der Waals surface area contributed by atoms with Crippen LogP contribution in [0.5, 0.6) is 0 Å². The molecule has 1 aliphatic heterocycles. The summed E-state index contributed by atoms with van der Waals surface area (Å²) in [5.74, 6) is -0.376. The van der Waals surface area contributed by atoms with E-state index in [4.69, 9.17) is 5.73 Å². The third-order valence-corrected chi connectivity index (χ3v) is 2.19. The molecular formula is C8H15N3O2. The van der Waals surface area contributed by atoms with E-state index in [-0.39, 0.29) is 24.3 Å². The highest BCUT2D eigenvalue weighted by Crippen LogP contribution is 2.08. The van der Waals surface area contributed by atoms with Gasteiger partial charge in [-0.25, -0.2) is 0 Å². The SMILES string of the molecule is CN(CCCN)C1CC(=O)NC1=O. The Morgan fingerprint density at radius 1 is 1.62 bits per heavy atom. The zero-order valence-electron chi connectivity index (χ0n) is 7.75. The van der Waals surface area contributed by atoms with Gasteiger partial charge >= 0.3 is 0 Å². The van der Waals surface area contributed by atoms with Crippen molar-refractivity contribution in [1.29, 1.82) is 0 Å². The smallest absolute Gasteiger partial charge is 0.244 e. The van der Waals surface area contributed by atoms with Crippen LogP contribution in [-0.2, 0) is 9.59 Å². The minimum Gasteiger partial charge on any atom is -0.330 e. The quantitative estimate of drug-likeness (QED) is 0.533. The van der Waals surface area contributed by atoms with Gasteiger partial charge in [-0.05, 0) is 26.6 Å². The van der Waals surface area contributed by atoms with Crippen molar-refractivity contribution >= 4 is 11.8 Å². The molecule has 1 fully saturated rings. The molecule has 2 amide bonds. The summed E-state index contributed by atoms with van der Waals surface area (Å²) < 4.78 is 0. The Hall–Kier alpha value is -0.940. The van der Waals surface area contributed by atoms with E-state index in [0.717, 1.165) is 13.0 Å². The number of imide groups is 1. The van der Waals surface area contributed by atoms with E-state index >= 15 is 0 Å². The van der Waals surface area contributed by atoms with Gasteiger partial charge in [0.1, 0.15) is 0 Å². The van der Waals surface area contributed by atoms with Crippen LogP contribution in [0.25, 0.3) is 0 Å². The maximum atomic E-state index is 11.2. The summed E-state index contributed by atoms with van der Waals surface area (Å²) >= 11 is 0. The van der Waals surface area contributed by atoms with Gasteiger partial charge in [-0.3, -0.25) is 19.8 Å². The van der Waals surface area contributed by atoms with E-state index in [9.17, 15) is 9.59 Å². The second kappa shape index (κ2) is 4.34. The predicted molar refractivity (Wildman–Crippen MR) is 47.9 cm³/mol. The first-order chi connectivity index (χ1) is 6.15. The number of nitrogens with two attached hydrogens (primary N) is 1. The third-order valence-electron chi connectivity index (χ3n) is 2.19. The summed E-state index contributed by atoms with van der Waals surface area (Å²) in [6.07, 6.45) is 1.12. The van der Waals surface area contributed by atoms with Crippen LogP contribution < -0.4 is 11.1 Å². The highest BCUT2D eigenvalue weighted by Gasteiger charge is 2.32. The van der Waals surface area contributed by atoms with Crippen LogP contribution in [0.4, 0.5) is 0 Å². The molecule has 0 aromatic heterocycles. The average molecular weight is 185 g/mol. The van der Waals surface area contributed by atoms with Gasteiger partial charge in [-0.15, -0.1) is 0 Å². The molecule has 0 aromatic rings. The van der Waals surface area contributed by atoms with Crippen molar-refractivity contribution in [2.24, 2.45) is 5.73 Å². The molecule has 1 rings (SSSR count). The highest BCUT2D eigenvalue weighted by molar-refractivity contribution is 6.05. The number of rotatable bonds is 4. The topological polar surface area (TPSA) is 75.4 Å². The molecule has 5 heteroatoms. The number of nitrogens with zero attached hydrogens (tertiary/aromatic N) is 1. The minimum atomic E-state index is -0.293. The Bertz CT molecular complexity index is 217. The first-order valence-electron chi connectivity index (χ1n) is 4.39. The standard InChI is InChI=1S/C8H15N3O2/c1-11(4-2-3-9)6-5-7(12)10-8(6)13/h6H,2-5,9H2,1H3,(H,10,12,13). The van der Waals surface area contributed by atoms with Gasteiger partial charge in [-0.2, -0.15) is 0 Å². The molecule has 0 bridgehead atoms. The normalized spacial score (nSPS) is 22.5. The Morgan fingerprint density at radius 3 is 2.77 bits per heavy atom. The van der Waals surface area contributed by atoms with Crippen LogP contribution in [0.2, 0.25) is 0 Å². The lowest BCUT2D eigenvalue weighted by Crippen LogP contribution is -2.38. The monoisotopic (exact) mass is 185 g/mol. The van der Waals surface area contributed by atoms with Gasteiger partial charge in [0.2, 0.25) is 11.8 Å². The van der Waals surface area contributed by atoms with Crippen LogP contribution in [0.1, 0.15) is 12.8 Å². The summed E-state index contributed by atoms with van der Waals surface area (Å²) in [4.78, 5) is 23.9. The molecule has 13 heavy (non-hydrogen) atoms. The fraction of sp³-hybridized carbons (Fsp3) is 0.750. The van der Waals surface area contributed by atoms with Crippen molar-refractivity contribution in [2.75, 3.05) is 20.1 Å². The number of hydrogen-bond donors (Lipinski definition) is 2. The van der Waals surface area contributed by atoms with Crippen molar-refractivity contribution in [3.05, 3.63) is 0 Å². The fourth-order valence-corrected chi connectivity index (χ4v) is 1.39. The van der Waals surface area contributed by atoms with E-state index in [1.54, 1.807) is 0 Å². The zero-order valence-corrected chi connectivity index (χ0v) is 7.75. The van der Waals surface area contributed by atoms with Gasteiger partial charge in [0.05, 0.1) is 12.5 Å². The number of carbonyl (C=O) groups excluding carboxylic acids is 2. The predicted octanol–water partition coefficient (Wildman–Crippen LogP) is -1.32. The number of carbonyl (C=O) groups is 2. The van der Waals surface area contributed by atoms with E-state index in [1.165, 1.54) is 0 Å². The molecule has 5 nitrogen and oxygen atoms in total. The summed E-state index contributed by atoms with van der Waals surface area (Å²) in [7, 11) is 1.83. The molecule has 0 aromatic carbocycles.